The highest BCUT2D eigenvalue weighted by Crippen LogP contribution is 2.07. The largest absolute Gasteiger partial charge is 0.434 e. The van der Waals surface area contributed by atoms with Gasteiger partial charge in [-0.25, -0.2) is 0 Å². The molecule has 0 aliphatic heterocycles. The van der Waals surface area contributed by atoms with Gasteiger partial charge in [-0.05, 0) is 24.3 Å². The Labute approximate surface area is 110 Å². The second-order valence-electron chi connectivity index (χ2n) is 3.62. The van der Waals surface area contributed by atoms with E-state index in [0.29, 0.717) is 5.56 Å². The van der Waals surface area contributed by atoms with Gasteiger partial charge in [0.2, 0.25) is 17.5 Å². The molecule has 0 saturated carbocycles. The zero-order valence-corrected chi connectivity index (χ0v) is 9.98. The second kappa shape index (κ2) is 6.12. The predicted octanol–water partition coefficient (Wildman–Crippen LogP) is 2.35. The normalized spacial score (nSPS) is 10.6. The number of aliphatic imine (C=N–C) groups is 1. The van der Waals surface area contributed by atoms with Gasteiger partial charge in [-0.3, -0.25) is 4.79 Å². The summed E-state index contributed by atoms with van der Waals surface area (Å²) < 4.78 is 5.45. The Kier molecular flexibility index (Phi) is 4.04. The topological polar surface area (TPSA) is 62.4 Å². The Balaban J connectivity index is 2.40. The zero-order chi connectivity index (χ0) is 13.5. The van der Waals surface area contributed by atoms with E-state index in [1.807, 2.05) is 6.07 Å². The lowest BCUT2D eigenvalue weighted by molar-refractivity contribution is 0.548. The van der Waals surface area contributed by atoms with Gasteiger partial charge in [0.25, 0.3) is 0 Å². The fourth-order valence-electron chi connectivity index (χ4n) is 1.48. The van der Waals surface area contributed by atoms with Crippen molar-refractivity contribution in [1.82, 2.24) is 0 Å². The van der Waals surface area contributed by atoms with Crippen molar-refractivity contribution in [3.63, 3.8) is 0 Å². The van der Waals surface area contributed by atoms with Crippen LogP contribution in [0.25, 0.3) is 0 Å². The van der Waals surface area contributed by atoms with Crippen molar-refractivity contribution in [2.24, 2.45) is 4.99 Å². The smallest absolute Gasteiger partial charge is 0.237 e. The number of hydrogen-bond donors (Lipinski definition) is 0. The third-order valence-corrected chi connectivity index (χ3v) is 2.34. The summed E-state index contributed by atoms with van der Waals surface area (Å²) in [6.45, 7) is 0. The third-order valence-electron chi connectivity index (χ3n) is 2.34. The summed E-state index contributed by atoms with van der Waals surface area (Å²) in [5, 5.41) is 8.70. The Morgan fingerprint density at radius 1 is 1.00 bits per heavy atom. The Morgan fingerprint density at radius 2 is 1.63 bits per heavy atom. The number of hydrogen-bond acceptors (Lipinski definition) is 4. The Bertz CT molecular complexity index is 688. The van der Waals surface area contributed by atoms with E-state index in [4.69, 9.17) is 10.00 Å². The number of rotatable bonds is 2. The van der Waals surface area contributed by atoms with Gasteiger partial charge in [0.1, 0.15) is 0 Å². The van der Waals surface area contributed by atoms with Gasteiger partial charge in [-0.15, -0.1) is 4.99 Å². The van der Waals surface area contributed by atoms with Crippen LogP contribution in [0.1, 0.15) is 5.56 Å². The van der Waals surface area contributed by atoms with Gasteiger partial charge in [-0.1, -0.05) is 36.4 Å². The van der Waals surface area contributed by atoms with Gasteiger partial charge in [0.05, 0.1) is 0 Å². The molecule has 0 aromatic heterocycles. The standard InChI is InChI=1S/C15H10N2O2/c16-11-17-15(12-7-3-1-4-8-12)19-14-10-6-2-5-9-13(14)18/h1-10H. The lowest BCUT2D eigenvalue weighted by Gasteiger charge is -2.05. The highest BCUT2D eigenvalue weighted by Gasteiger charge is 2.07. The Hall–Kier alpha value is -2.93. The van der Waals surface area contributed by atoms with E-state index < -0.39 is 0 Å². The summed E-state index contributed by atoms with van der Waals surface area (Å²) in [4.78, 5) is 15.3. The van der Waals surface area contributed by atoms with E-state index in [1.165, 1.54) is 12.1 Å². The first-order chi connectivity index (χ1) is 9.31. The molecule has 4 heteroatoms. The van der Waals surface area contributed by atoms with E-state index in [-0.39, 0.29) is 17.1 Å². The van der Waals surface area contributed by atoms with Gasteiger partial charge in [0.15, 0.2) is 5.75 Å². The lowest BCUT2D eigenvalue weighted by Crippen LogP contribution is -2.14. The molecule has 4 nitrogen and oxygen atoms in total. The maximum atomic E-state index is 11.7. The van der Waals surface area contributed by atoms with Gasteiger partial charge in [-0.2, -0.15) is 5.26 Å². The van der Waals surface area contributed by atoms with Crippen molar-refractivity contribution >= 4 is 5.90 Å². The third kappa shape index (κ3) is 3.27. The summed E-state index contributed by atoms with van der Waals surface area (Å²) in [5.41, 5.74) is 0.363. The molecular formula is C15H10N2O2. The zero-order valence-electron chi connectivity index (χ0n) is 9.98. The van der Waals surface area contributed by atoms with Crippen molar-refractivity contribution in [2.75, 3.05) is 0 Å². The van der Waals surface area contributed by atoms with Crippen molar-refractivity contribution in [2.45, 2.75) is 0 Å². The highest BCUT2D eigenvalue weighted by molar-refractivity contribution is 5.96. The van der Waals surface area contributed by atoms with Crippen LogP contribution in [0.15, 0.2) is 70.5 Å². The van der Waals surface area contributed by atoms with Gasteiger partial charge in [0, 0.05) is 5.56 Å². The molecule has 0 aliphatic rings. The van der Waals surface area contributed by atoms with E-state index in [9.17, 15) is 4.79 Å². The second-order valence-corrected chi connectivity index (χ2v) is 3.62. The summed E-state index contributed by atoms with van der Waals surface area (Å²) in [7, 11) is 0. The molecule has 0 N–H and O–H groups in total. The monoisotopic (exact) mass is 250 g/mol. The van der Waals surface area contributed by atoms with Crippen LogP contribution in [-0.4, -0.2) is 5.90 Å². The molecular weight excluding hydrogens is 240 g/mol. The lowest BCUT2D eigenvalue weighted by atomic mass is 10.2. The molecule has 0 atom stereocenters. The van der Waals surface area contributed by atoms with Crippen molar-refractivity contribution in [3.05, 3.63) is 76.5 Å². The van der Waals surface area contributed by atoms with Crippen LogP contribution in [0.3, 0.4) is 0 Å². The minimum Gasteiger partial charge on any atom is -0.434 e. The first-order valence-corrected chi connectivity index (χ1v) is 5.60. The number of benzene rings is 1. The molecule has 0 aliphatic carbocycles. The number of nitrogens with zero attached hydrogens (tertiary/aromatic N) is 2. The average Bonchev–Trinajstić information content (AvgIpc) is 2.64. The molecule has 0 spiro atoms. The SMILES string of the molecule is N#CN=C(Oc1cccccc1=O)c1ccccc1. The Morgan fingerprint density at radius 3 is 2.32 bits per heavy atom. The highest BCUT2D eigenvalue weighted by atomic mass is 16.5. The van der Waals surface area contributed by atoms with Crippen LogP contribution in [0.2, 0.25) is 0 Å². The van der Waals surface area contributed by atoms with Crippen LogP contribution in [-0.2, 0) is 0 Å². The predicted molar refractivity (Wildman–Crippen MR) is 71.9 cm³/mol. The maximum Gasteiger partial charge on any atom is 0.237 e. The first kappa shape index (κ1) is 12.5. The summed E-state index contributed by atoms with van der Waals surface area (Å²) in [6, 6.07) is 16.9. The minimum atomic E-state index is -0.272. The summed E-state index contributed by atoms with van der Waals surface area (Å²) in [6.07, 6.45) is 1.67. The van der Waals surface area contributed by atoms with Crippen LogP contribution < -0.4 is 10.2 Å². The van der Waals surface area contributed by atoms with Crippen LogP contribution in [0.5, 0.6) is 5.75 Å². The molecule has 0 amide bonds. The summed E-state index contributed by atoms with van der Waals surface area (Å²) >= 11 is 0. The fourth-order valence-corrected chi connectivity index (χ4v) is 1.48. The van der Waals surface area contributed by atoms with Crippen LogP contribution in [0, 0.1) is 11.5 Å². The number of nitriles is 1. The molecule has 0 bridgehead atoms. The van der Waals surface area contributed by atoms with E-state index >= 15 is 0 Å². The van der Waals surface area contributed by atoms with Gasteiger partial charge >= 0.3 is 0 Å². The van der Waals surface area contributed by atoms with Crippen molar-refractivity contribution in [1.29, 1.82) is 5.26 Å². The molecule has 92 valence electrons. The molecule has 0 fully saturated rings. The van der Waals surface area contributed by atoms with Crippen LogP contribution >= 0.6 is 0 Å². The van der Waals surface area contributed by atoms with Crippen molar-refractivity contribution < 1.29 is 4.74 Å². The maximum absolute atomic E-state index is 11.7. The van der Waals surface area contributed by atoms with E-state index in [0.717, 1.165) is 0 Å². The van der Waals surface area contributed by atoms with Crippen LogP contribution in [0.4, 0.5) is 0 Å². The van der Waals surface area contributed by atoms with E-state index in [2.05, 4.69) is 4.99 Å². The van der Waals surface area contributed by atoms with E-state index in [1.54, 1.807) is 48.7 Å². The molecule has 0 radical (unpaired) electrons. The average molecular weight is 250 g/mol. The minimum absolute atomic E-state index is 0.103. The number of ether oxygens (including phenoxy) is 1. The van der Waals surface area contributed by atoms with Crippen molar-refractivity contribution in [3.8, 4) is 11.9 Å². The summed E-state index contributed by atoms with van der Waals surface area (Å²) in [5.74, 6) is 0.231. The van der Waals surface area contributed by atoms with Gasteiger partial charge < -0.3 is 4.74 Å². The molecule has 19 heavy (non-hydrogen) atoms. The molecule has 2 aromatic carbocycles. The molecule has 0 unspecified atom stereocenters. The quantitative estimate of drug-likeness (QED) is 0.467. The molecule has 0 saturated heterocycles. The molecule has 2 rings (SSSR count). The fraction of sp³-hybridized carbons (Fsp3) is 0. The first-order valence-electron chi connectivity index (χ1n) is 5.60. The molecule has 2 aromatic rings. The molecule has 0 heterocycles.